The van der Waals surface area contributed by atoms with Crippen molar-refractivity contribution in [2.75, 3.05) is 0 Å². The summed E-state index contributed by atoms with van der Waals surface area (Å²) in [6, 6.07) is 6.86. The number of benzene rings is 1. The lowest BCUT2D eigenvalue weighted by Crippen LogP contribution is -2.02. The van der Waals surface area contributed by atoms with Gasteiger partial charge in [0.15, 0.2) is 0 Å². The van der Waals surface area contributed by atoms with Crippen molar-refractivity contribution in [2.45, 2.75) is 19.7 Å². The first kappa shape index (κ1) is 11.1. The van der Waals surface area contributed by atoms with E-state index in [1.807, 2.05) is 26.0 Å². The van der Waals surface area contributed by atoms with Crippen LogP contribution in [0.2, 0.25) is 0 Å². The van der Waals surface area contributed by atoms with Crippen molar-refractivity contribution in [2.24, 2.45) is 0 Å². The minimum absolute atomic E-state index is 0.302. The summed E-state index contributed by atoms with van der Waals surface area (Å²) in [7, 11) is 0. The van der Waals surface area contributed by atoms with Crippen molar-refractivity contribution in [3.8, 4) is 5.69 Å². The second kappa shape index (κ2) is 4.26. The number of halogens is 2. The number of hydrogen-bond donors (Lipinski definition) is 0. The predicted octanol–water partition coefficient (Wildman–Crippen LogP) is 3.37. The number of rotatable bonds is 2. The van der Waals surface area contributed by atoms with Gasteiger partial charge in [0.1, 0.15) is 11.5 Å². The molecular weight excluding hydrogens is 227 g/mol. The van der Waals surface area contributed by atoms with Gasteiger partial charge in [0.25, 0.3) is 0 Å². The summed E-state index contributed by atoms with van der Waals surface area (Å²) in [5.41, 5.74) is 3.01. The summed E-state index contributed by atoms with van der Waals surface area (Å²) in [6.07, 6.45) is 0. The third-order valence-corrected chi connectivity index (χ3v) is 2.71. The van der Waals surface area contributed by atoms with Gasteiger partial charge >= 0.3 is 0 Å². The Morgan fingerprint density at radius 1 is 1.31 bits per heavy atom. The molecule has 0 unspecified atom stereocenters. The Labute approximate surface area is 98.7 Å². The van der Waals surface area contributed by atoms with Crippen LogP contribution >= 0.6 is 11.6 Å². The van der Waals surface area contributed by atoms with Crippen LogP contribution in [0.25, 0.3) is 5.69 Å². The third-order valence-electron chi connectivity index (χ3n) is 2.40. The van der Waals surface area contributed by atoms with Crippen molar-refractivity contribution in [1.82, 2.24) is 9.78 Å². The maximum absolute atomic E-state index is 13.8. The first-order valence-corrected chi connectivity index (χ1v) is 5.53. The van der Waals surface area contributed by atoms with Crippen LogP contribution in [0.15, 0.2) is 24.3 Å². The van der Waals surface area contributed by atoms with Crippen LogP contribution in [-0.4, -0.2) is 9.78 Å². The van der Waals surface area contributed by atoms with Gasteiger partial charge in [0.2, 0.25) is 0 Å². The second-order valence-corrected chi connectivity index (χ2v) is 4.03. The molecule has 84 valence electrons. The highest BCUT2D eigenvalue weighted by atomic mass is 35.5. The highest BCUT2D eigenvalue weighted by Crippen LogP contribution is 2.18. The lowest BCUT2D eigenvalue weighted by molar-refractivity contribution is 0.606. The molecule has 2 nitrogen and oxygen atoms in total. The Morgan fingerprint density at radius 3 is 2.56 bits per heavy atom. The van der Waals surface area contributed by atoms with E-state index in [2.05, 4.69) is 5.10 Å². The average molecular weight is 239 g/mol. The summed E-state index contributed by atoms with van der Waals surface area (Å²) >= 11 is 5.64. The van der Waals surface area contributed by atoms with Gasteiger partial charge in [0.05, 0.1) is 5.69 Å². The summed E-state index contributed by atoms with van der Waals surface area (Å²) in [5.74, 6) is 0.0123. The molecule has 0 aliphatic heterocycles. The van der Waals surface area contributed by atoms with Gasteiger partial charge in [-0.3, -0.25) is 0 Å². The van der Waals surface area contributed by atoms with Crippen LogP contribution in [0, 0.1) is 19.7 Å². The molecule has 0 saturated carbocycles. The maximum Gasteiger partial charge on any atom is 0.149 e. The third kappa shape index (κ3) is 1.95. The van der Waals surface area contributed by atoms with E-state index in [0.717, 1.165) is 17.0 Å². The summed E-state index contributed by atoms with van der Waals surface area (Å²) in [6.45, 7) is 3.78. The number of aromatic nitrogens is 2. The van der Waals surface area contributed by atoms with Crippen molar-refractivity contribution in [1.29, 1.82) is 0 Å². The fourth-order valence-corrected chi connectivity index (χ4v) is 1.84. The van der Waals surface area contributed by atoms with E-state index in [9.17, 15) is 4.39 Å². The molecule has 0 bridgehead atoms. The highest BCUT2D eigenvalue weighted by molar-refractivity contribution is 6.17. The van der Waals surface area contributed by atoms with E-state index in [-0.39, 0.29) is 5.82 Å². The van der Waals surface area contributed by atoms with Crippen LogP contribution in [-0.2, 0) is 5.88 Å². The molecule has 16 heavy (non-hydrogen) atoms. The molecule has 0 radical (unpaired) electrons. The summed E-state index contributed by atoms with van der Waals surface area (Å²) < 4.78 is 15.4. The minimum atomic E-state index is -0.302. The van der Waals surface area contributed by atoms with Crippen LogP contribution in [0.3, 0.4) is 0 Å². The Hall–Kier alpha value is -1.35. The summed E-state index contributed by atoms with van der Waals surface area (Å²) in [5, 5.41) is 4.24. The fourth-order valence-electron chi connectivity index (χ4n) is 1.68. The molecule has 4 heteroatoms. The fraction of sp³-hybridized carbons (Fsp3) is 0.250. The van der Waals surface area contributed by atoms with Crippen LogP contribution in [0.4, 0.5) is 4.39 Å². The molecule has 0 N–H and O–H groups in total. The SMILES string of the molecule is Cc1cc(C)n(-c2ccc(CCl)cc2F)n1. The van der Waals surface area contributed by atoms with Crippen molar-refractivity contribution < 1.29 is 4.39 Å². The zero-order valence-corrected chi connectivity index (χ0v) is 9.92. The molecular formula is C12H12ClFN2. The number of hydrogen-bond acceptors (Lipinski definition) is 1. The molecule has 2 rings (SSSR count). The molecule has 1 aromatic heterocycles. The predicted molar refractivity (Wildman–Crippen MR) is 62.6 cm³/mol. The Morgan fingerprint density at radius 2 is 2.06 bits per heavy atom. The van der Waals surface area contributed by atoms with Crippen molar-refractivity contribution in [3.63, 3.8) is 0 Å². The largest absolute Gasteiger partial charge is 0.235 e. The molecule has 1 heterocycles. The van der Waals surface area contributed by atoms with Gasteiger partial charge in [-0.2, -0.15) is 5.10 Å². The standard InChI is InChI=1S/C12H12ClFN2/c1-8-5-9(2)16(15-8)12-4-3-10(7-13)6-11(12)14/h3-6H,7H2,1-2H3. The van der Waals surface area contributed by atoms with Gasteiger partial charge in [-0.1, -0.05) is 6.07 Å². The van der Waals surface area contributed by atoms with E-state index in [4.69, 9.17) is 11.6 Å². The molecule has 0 amide bonds. The lowest BCUT2D eigenvalue weighted by atomic mass is 10.2. The lowest BCUT2D eigenvalue weighted by Gasteiger charge is -2.06. The van der Waals surface area contributed by atoms with Gasteiger partial charge in [-0.25, -0.2) is 9.07 Å². The average Bonchev–Trinajstić information content (AvgIpc) is 2.57. The van der Waals surface area contributed by atoms with Gasteiger partial charge in [-0.15, -0.1) is 11.6 Å². The number of nitrogens with zero attached hydrogens (tertiary/aromatic N) is 2. The smallest absolute Gasteiger partial charge is 0.149 e. The molecule has 0 atom stereocenters. The monoisotopic (exact) mass is 238 g/mol. The number of aryl methyl sites for hydroxylation is 2. The minimum Gasteiger partial charge on any atom is -0.235 e. The van der Waals surface area contributed by atoms with Crippen molar-refractivity contribution >= 4 is 11.6 Å². The Bertz CT molecular complexity index is 520. The zero-order valence-electron chi connectivity index (χ0n) is 9.17. The maximum atomic E-state index is 13.8. The second-order valence-electron chi connectivity index (χ2n) is 3.76. The van der Waals surface area contributed by atoms with E-state index in [1.54, 1.807) is 10.7 Å². The van der Waals surface area contributed by atoms with Gasteiger partial charge in [-0.05, 0) is 37.6 Å². The molecule has 0 saturated heterocycles. The molecule has 1 aromatic carbocycles. The van der Waals surface area contributed by atoms with Gasteiger partial charge < -0.3 is 0 Å². The first-order valence-electron chi connectivity index (χ1n) is 5.00. The highest BCUT2D eigenvalue weighted by Gasteiger charge is 2.09. The Kier molecular flexibility index (Phi) is 2.97. The van der Waals surface area contributed by atoms with Crippen LogP contribution in [0.1, 0.15) is 17.0 Å². The zero-order chi connectivity index (χ0) is 11.7. The first-order chi connectivity index (χ1) is 7.61. The topological polar surface area (TPSA) is 17.8 Å². The Balaban J connectivity index is 2.52. The molecule has 0 fully saturated rings. The van der Waals surface area contributed by atoms with E-state index in [0.29, 0.717) is 11.6 Å². The summed E-state index contributed by atoms with van der Waals surface area (Å²) in [4.78, 5) is 0. The molecule has 0 spiro atoms. The normalized spacial score (nSPS) is 10.8. The van der Waals surface area contributed by atoms with Crippen molar-refractivity contribution in [3.05, 3.63) is 47.0 Å². The number of alkyl halides is 1. The van der Waals surface area contributed by atoms with E-state index < -0.39 is 0 Å². The molecule has 2 aromatic rings. The quantitative estimate of drug-likeness (QED) is 0.734. The van der Waals surface area contributed by atoms with E-state index in [1.165, 1.54) is 6.07 Å². The van der Waals surface area contributed by atoms with Crippen LogP contribution in [0.5, 0.6) is 0 Å². The molecule has 0 aliphatic carbocycles. The molecule has 0 aliphatic rings. The van der Waals surface area contributed by atoms with E-state index >= 15 is 0 Å². The van der Waals surface area contributed by atoms with Gasteiger partial charge in [0, 0.05) is 11.6 Å². The van der Waals surface area contributed by atoms with Crippen LogP contribution < -0.4 is 0 Å².